The highest BCUT2D eigenvalue weighted by Crippen LogP contribution is 2.26. The van der Waals surface area contributed by atoms with E-state index >= 15 is 0 Å². The number of nitrogens with zero attached hydrogens (tertiary/aromatic N) is 5. The van der Waals surface area contributed by atoms with E-state index in [9.17, 15) is 4.79 Å². The Labute approximate surface area is 188 Å². The van der Waals surface area contributed by atoms with Gasteiger partial charge in [0.2, 0.25) is 11.7 Å². The van der Waals surface area contributed by atoms with Gasteiger partial charge in [-0.05, 0) is 61.7 Å². The molecule has 0 atom stereocenters. The van der Waals surface area contributed by atoms with Gasteiger partial charge in [-0.25, -0.2) is 4.98 Å². The van der Waals surface area contributed by atoms with Gasteiger partial charge in [0, 0.05) is 41.7 Å². The molecule has 31 heavy (non-hydrogen) atoms. The molecule has 1 aliphatic rings. The van der Waals surface area contributed by atoms with Crippen molar-refractivity contribution in [2.24, 2.45) is 0 Å². The molecule has 0 bridgehead atoms. The van der Waals surface area contributed by atoms with Crippen molar-refractivity contribution >= 4 is 32.9 Å². The molecular formula is C23H22BrN5O2. The maximum Gasteiger partial charge on any atom is 0.258 e. The second kappa shape index (κ2) is 8.63. The van der Waals surface area contributed by atoms with Gasteiger partial charge in [-0.3, -0.25) is 4.79 Å². The normalized spacial score (nSPS) is 14.3. The number of hydrogen-bond acceptors (Lipinski definition) is 5. The second-order valence-electron chi connectivity index (χ2n) is 7.76. The fourth-order valence-electron chi connectivity index (χ4n) is 3.95. The summed E-state index contributed by atoms with van der Waals surface area (Å²) in [5.74, 6) is 1.23. The number of amides is 1. The van der Waals surface area contributed by atoms with Crippen LogP contribution in [0.3, 0.4) is 0 Å². The average Bonchev–Trinajstić information content (AvgIpc) is 3.46. The molecule has 1 fully saturated rings. The van der Waals surface area contributed by atoms with Crippen LogP contribution in [0.25, 0.3) is 33.9 Å². The van der Waals surface area contributed by atoms with Crippen molar-refractivity contribution in [3.63, 3.8) is 0 Å². The molecule has 0 radical (unpaired) electrons. The molecule has 1 amide bonds. The van der Waals surface area contributed by atoms with E-state index in [2.05, 4.69) is 31.1 Å². The zero-order chi connectivity index (χ0) is 21.2. The number of hydrogen-bond donors (Lipinski definition) is 0. The summed E-state index contributed by atoms with van der Waals surface area (Å²) in [5.41, 5.74) is 3.55. The van der Waals surface area contributed by atoms with E-state index in [1.807, 2.05) is 51.9 Å². The largest absolute Gasteiger partial charge is 0.343 e. The monoisotopic (exact) mass is 479 g/mol. The van der Waals surface area contributed by atoms with Gasteiger partial charge < -0.3 is 14.0 Å². The Bertz CT molecular complexity index is 1210. The fourth-order valence-corrected chi connectivity index (χ4v) is 4.21. The van der Waals surface area contributed by atoms with Gasteiger partial charge >= 0.3 is 0 Å². The number of halogens is 1. The van der Waals surface area contributed by atoms with Crippen molar-refractivity contribution in [1.29, 1.82) is 0 Å². The lowest BCUT2D eigenvalue weighted by atomic mass is 10.1. The quantitative estimate of drug-likeness (QED) is 0.405. The number of carbonyl (C=O) groups is 1. The Morgan fingerprint density at radius 3 is 2.61 bits per heavy atom. The van der Waals surface area contributed by atoms with Crippen molar-refractivity contribution in [2.45, 2.75) is 32.2 Å². The molecule has 7 nitrogen and oxygen atoms in total. The molecule has 2 aromatic heterocycles. The molecule has 1 aliphatic heterocycles. The maximum absolute atomic E-state index is 12.5. The molecule has 0 spiro atoms. The highest BCUT2D eigenvalue weighted by Gasteiger charge is 2.17. The summed E-state index contributed by atoms with van der Waals surface area (Å²) in [5, 5.41) is 4.13. The van der Waals surface area contributed by atoms with Gasteiger partial charge in [0.15, 0.2) is 0 Å². The van der Waals surface area contributed by atoms with Crippen molar-refractivity contribution < 1.29 is 9.32 Å². The second-order valence-corrected chi connectivity index (χ2v) is 8.68. The Kier molecular flexibility index (Phi) is 5.55. The first kappa shape index (κ1) is 19.9. The van der Waals surface area contributed by atoms with Crippen LogP contribution >= 0.6 is 15.9 Å². The van der Waals surface area contributed by atoms with Crippen LogP contribution in [0.1, 0.15) is 25.7 Å². The van der Waals surface area contributed by atoms with Crippen molar-refractivity contribution in [2.75, 3.05) is 13.1 Å². The van der Waals surface area contributed by atoms with Crippen LogP contribution in [-0.2, 0) is 11.3 Å². The number of aromatic nitrogens is 4. The standard InChI is InChI=1S/C23H22BrN5O2/c24-18-7-4-16(5-8-18)23-26-22(27-31-23)17-6-9-20-19(14-17)25-15-29(20)13-10-21(30)28-11-2-1-3-12-28/h4-9,14-15H,1-3,10-13H2. The van der Waals surface area contributed by atoms with Gasteiger partial charge in [0.05, 0.1) is 17.4 Å². The van der Waals surface area contributed by atoms with E-state index in [0.29, 0.717) is 24.7 Å². The van der Waals surface area contributed by atoms with Crippen LogP contribution in [0.5, 0.6) is 0 Å². The first-order chi connectivity index (χ1) is 15.2. The van der Waals surface area contributed by atoms with Crippen molar-refractivity contribution in [3.05, 3.63) is 53.3 Å². The van der Waals surface area contributed by atoms with E-state index in [0.717, 1.165) is 52.6 Å². The topological polar surface area (TPSA) is 77.0 Å². The summed E-state index contributed by atoms with van der Waals surface area (Å²) >= 11 is 3.43. The Balaban J connectivity index is 1.31. The zero-order valence-corrected chi connectivity index (χ0v) is 18.6. The number of fused-ring (bicyclic) bond motifs is 1. The number of piperidine rings is 1. The number of imidazole rings is 1. The van der Waals surface area contributed by atoms with Crippen LogP contribution in [0.2, 0.25) is 0 Å². The Morgan fingerprint density at radius 1 is 1.03 bits per heavy atom. The van der Waals surface area contributed by atoms with E-state index in [4.69, 9.17) is 4.52 Å². The molecule has 3 heterocycles. The zero-order valence-electron chi connectivity index (χ0n) is 17.0. The number of likely N-dealkylation sites (tertiary alicyclic amines) is 1. The Morgan fingerprint density at radius 2 is 1.81 bits per heavy atom. The highest BCUT2D eigenvalue weighted by molar-refractivity contribution is 9.10. The molecule has 4 aromatic rings. The predicted octanol–water partition coefficient (Wildman–Crippen LogP) is 4.92. The summed E-state index contributed by atoms with van der Waals surface area (Å²) in [6.07, 6.45) is 5.74. The third-order valence-electron chi connectivity index (χ3n) is 5.67. The third-order valence-corrected chi connectivity index (χ3v) is 6.20. The lowest BCUT2D eigenvalue weighted by Crippen LogP contribution is -2.35. The summed E-state index contributed by atoms with van der Waals surface area (Å²) in [6, 6.07) is 13.6. The molecule has 0 unspecified atom stereocenters. The van der Waals surface area contributed by atoms with Crippen molar-refractivity contribution in [3.8, 4) is 22.8 Å². The lowest BCUT2D eigenvalue weighted by Gasteiger charge is -2.26. The SMILES string of the molecule is O=C(CCn1cnc2cc(-c3noc(-c4ccc(Br)cc4)n3)ccc21)N1CCCCC1. The molecular weight excluding hydrogens is 458 g/mol. The smallest absolute Gasteiger partial charge is 0.258 e. The first-order valence-electron chi connectivity index (χ1n) is 10.5. The van der Waals surface area contributed by atoms with Crippen LogP contribution < -0.4 is 0 Å². The van der Waals surface area contributed by atoms with Crippen LogP contribution in [0.4, 0.5) is 0 Å². The van der Waals surface area contributed by atoms with Crippen molar-refractivity contribution in [1.82, 2.24) is 24.6 Å². The minimum Gasteiger partial charge on any atom is -0.343 e. The van der Waals surface area contributed by atoms with Gasteiger partial charge in [0.1, 0.15) is 0 Å². The van der Waals surface area contributed by atoms with Crippen LogP contribution in [0, 0.1) is 0 Å². The fraction of sp³-hybridized carbons (Fsp3) is 0.304. The Hall–Kier alpha value is -3.00. The molecule has 0 aliphatic carbocycles. The predicted molar refractivity (Wildman–Crippen MR) is 121 cm³/mol. The summed E-state index contributed by atoms with van der Waals surface area (Å²) in [6.45, 7) is 2.40. The van der Waals surface area contributed by atoms with Gasteiger partial charge in [-0.15, -0.1) is 0 Å². The molecule has 0 saturated carbocycles. The van der Waals surface area contributed by atoms with E-state index in [1.165, 1.54) is 6.42 Å². The third kappa shape index (κ3) is 4.25. The molecule has 5 rings (SSSR count). The highest BCUT2D eigenvalue weighted by atomic mass is 79.9. The minimum absolute atomic E-state index is 0.227. The minimum atomic E-state index is 0.227. The summed E-state index contributed by atoms with van der Waals surface area (Å²) < 4.78 is 8.47. The number of rotatable bonds is 5. The summed E-state index contributed by atoms with van der Waals surface area (Å²) in [4.78, 5) is 23.5. The molecule has 0 N–H and O–H groups in total. The molecule has 158 valence electrons. The number of benzene rings is 2. The molecule has 1 saturated heterocycles. The first-order valence-corrected chi connectivity index (χ1v) is 11.3. The van der Waals surface area contributed by atoms with Gasteiger partial charge in [-0.1, -0.05) is 21.1 Å². The van der Waals surface area contributed by atoms with Crippen LogP contribution in [0.15, 0.2) is 57.8 Å². The van der Waals surface area contributed by atoms with E-state index in [-0.39, 0.29) is 5.91 Å². The lowest BCUT2D eigenvalue weighted by molar-refractivity contribution is -0.132. The average molecular weight is 480 g/mol. The van der Waals surface area contributed by atoms with E-state index < -0.39 is 0 Å². The molecule has 2 aromatic carbocycles. The van der Waals surface area contributed by atoms with E-state index in [1.54, 1.807) is 6.33 Å². The van der Waals surface area contributed by atoms with Gasteiger partial charge in [-0.2, -0.15) is 4.98 Å². The van der Waals surface area contributed by atoms with Crippen LogP contribution in [-0.4, -0.2) is 43.6 Å². The summed E-state index contributed by atoms with van der Waals surface area (Å²) in [7, 11) is 0. The molecule has 8 heteroatoms. The maximum atomic E-state index is 12.5. The number of aryl methyl sites for hydroxylation is 1. The van der Waals surface area contributed by atoms with Gasteiger partial charge in [0.25, 0.3) is 5.89 Å². The number of carbonyl (C=O) groups excluding carboxylic acids is 1.